The average Bonchev–Trinajstić information content (AvgIpc) is 1.90. The third-order valence-electron chi connectivity index (χ3n) is 0.800. The number of aliphatic hydroxyl groups is 1. The van der Waals surface area contributed by atoms with Crippen molar-refractivity contribution in [3.63, 3.8) is 0 Å². The fourth-order valence-electron chi connectivity index (χ4n) is 0.296. The molecule has 0 aromatic rings. The van der Waals surface area contributed by atoms with Crippen molar-refractivity contribution in [3.8, 4) is 0 Å². The molecule has 2 N–H and O–H groups in total. The zero-order chi connectivity index (χ0) is 7.28. The molecule has 0 radical (unpaired) electrons. The lowest BCUT2D eigenvalue weighted by atomic mass is 10.3. The number of ether oxygens (including phenoxy) is 1. The van der Waals surface area contributed by atoms with Crippen LogP contribution in [0.5, 0.6) is 0 Å². The van der Waals surface area contributed by atoms with Gasteiger partial charge in [0.25, 0.3) is 0 Å². The molecule has 0 aliphatic carbocycles. The van der Waals surface area contributed by atoms with Crippen molar-refractivity contribution in [2.24, 2.45) is 0 Å². The second kappa shape index (κ2) is 4.55. The van der Waals surface area contributed by atoms with E-state index in [-0.39, 0.29) is 6.61 Å². The molecule has 0 bridgehead atoms. The van der Waals surface area contributed by atoms with Crippen molar-refractivity contribution in [2.45, 2.75) is 6.04 Å². The highest BCUT2D eigenvalue weighted by Crippen LogP contribution is 1.86. The zero-order valence-corrected chi connectivity index (χ0v) is 5.68. The van der Waals surface area contributed by atoms with E-state index in [4.69, 9.17) is 16.9 Å². The summed E-state index contributed by atoms with van der Waals surface area (Å²) in [5, 5.41) is 8.38. The van der Waals surface area contributed by atoms with E-state index in [0.717, 1.165) is 0 Å². The maximum Gasteiger partial charge on any atom is 0.326 e. The number of aliphatic hydroxyl groups excluding tert-OH is 1. The van der Waals surface area contributed by atoms with E-state index in [0.29, 0.717) is 0 Å². The monoisotopic (exact) mass is 153 g/mol. The molecule has 0 saturated heterocycles. The molecule has 1 atom stereocenters. The van der Waals surface area contributed by atoms with Crippen LogP contribution >= 0.6 is 11.8 Å². The summed E-state index contributed by atoms with van der Waals surface area (Å²) in [6.07, 6.45) is 0. The number of carbonyl (C=O) groups is 1. The Balaban J connectivity index is 3.64. The van der Waals surface area contributed by atoms with Crippen molar-refractivity contribution in [1.29, 1.82) is 0 Å². The summed E-state index contributed by atoms with van der Waals surface area (Å²) in [6, 6.07) is -0.823. The van der Waals surface area contributed by atoms with Gasteiger partial charge in [-0.2, -0.15) is 0 Å². The summed E-state index contributed by atoms with van der Waals surface area (Å²) < 4.78 is 4.25. The molecule has 0 spiro atoms. The van der Waals surface area contributed by atoms with E-state index in [2.05, 4.69) is 9.57 Å². The minimum Gasteiger partial charge on any atom is -0.468 e. The van der Waals surface area contributed by atoms with E-state index in [1.165, 1.54) is 7.11 Å². The first-order valence-electron chi connectivity index (χ1n) is 2.31. The number of hydrogen-bond acceptors (Lipinski definition) is 4. The molecule has 0 fully saturated rings. The number of carbonyl (C=O) groups excluding carboxylic acids is 1. The van der Waals surface area contributed by atoms with E-state index >= 15 is 0 Å². The van der Waals surface area contributed by atoms with Crippen LogP contribution in [0.25, 0.3) is 0 Å². The zero-order valence-electron chi connectivity index (χ0n) is 4.93. The van der Waals surface area contributed by atoms with Gasteiger partial charge in [-0.25, -0.2) is 4.84 Å². The number of esters is 1. The van der Waals surface area contributed by atoms with Crippen molar-refractivity contribution < 1.29 is 14.6 Å². The summed E-state index contributed by atoms with van der Waals surface area (Å²) in [4.78, 5) is 12.5. The molecule has 5 heteroatoms. The molecule has 0 rings (SSSR count). The predicted molar refractivity (Wildman–Crippen MR) is 31.9 cm³/mol. The van der Waals surface area contributed by atoms with Crippen molar-refractivity contribution in [2.75, 3.05) is 13.7 Å². The summed E-state index contributed by atoms with van der Waals surface area (Å²) in [5.74, 6) is -0.576. The van der Waals surface area contributed by atoms with Gasteiger partial charge >= 0.3 is 5.97 Å². The van der Waals surface area contributed by atoms with Crippen LogP contribution in [0.4, 0.5) is 0 Å². The van der Waals surface area contributed by atoms with Gasteiger partial charge in [0.05, 0.1) is 13.7 Å². The van der Waals surface area contributed by atoms with Gasteiger partial charge < -0.3 is 9.84 Å². The standard InChI is InChI=1S/C4H8ClNO3/c1-9-4(8)3(2-7)6-5/h3,6-7H,2H2,1H3. The van der Waals surface area contributed by atoms with Gasteiger partial charge in [0.2, 0.25) is 0 Å². The van der Waals surface area contributed by atoms with Crippen LogP contribution in [0.1, 0.15) is 0 Å². The highest BCUT2D eigenvalue weighted by atomic mass is 35.5. The second-order valence-corrected chi connectivity index (χ2v) is 1.59. The third kappa shape index (κ3) is 2.64. The number of nitrogens with one attached hydrogen (secondary N) is 1. The topological polar surface area (TPSA) is 58.6 Å². The Bertz CT molecular complexity index is 93.8. The van der Waals surface area contributed by atoms with Crippen LogP contribution in [0, 0.1) is 0 Å². The molecule has 54 valence electrons. The molecule has 1 unspecified atom stereocenters. The van der Waals surface area contributed by atoms with Crippen molar-refractivity contribution in [3.05, 3.63) is 0 Å². The molecule has 0 aromatic carbocycles. The molecular weight excluding hydrogens is 146 g/mol. The Morgan fingerprint density at radius 3 is 2.67 bits per heavy atom. The highest BCUT2D eigenvalue weighted by molar-refractivity contribution is 6.14. The lowest BCUT2D eigenvalue weighted by Gasteiger charge is -2.06. The van der Waals surface area contributed by atoms with Crippen LogP contribution < -0.4 is 4.84 Å². The van der Waals surface area contributed by atoms with Gasteiger partial charge in [-0.3, -0.25) is 4.79 Å². The Morgan fingerprint density at radius 2 is 2.56 bits per heavy atom. The predicted octanol–water partition coefficient (Wildman–Crippen LogP) is -0.736. The van der Waals surface area contributed by atoms with Crippen LogP contribution in [0.2, 0.25) is 0 Å². The van der Waals surface area contributed by atoms with Crippen molar-refractivity contribution in [1.82, 2.24) is 4.84 Å². The Labute approximate surface area is 57.9 Å². The van der Waals surface area contributed by atoms with Gasteiger partial charge in [0.15, 0.2) is 0 Å². The first-order chi connectivity index (χ1) is 4.26. The van der Waals surface area contributed by atoms with E-state index in [9.17, 15) is 4.79 Å². The minimum atomic E-state index is -0.823. The maximum absolute atomic E-state index is 10.4. The van der Waals surface area contributed by atoms with Crippen LogP contribution in [-0.4, -0.2) is 30.8 Å². The van der Waals surface area contributed by atoms with E-state index in [1.807, 2.05) is 0 Å². The molecular formula is C4H8ClNO3. The normalized spacial score (nSPS) is 12.8. The number of methoxy groups -OCH3 is 1. The van der Waals surface area contributed by atoms with Crippen molar-refractivity contribution >= 4 is 17.7 Å². The van der Waals surface area contributed by atoms with Crippen LogP contribution in [0.15, 0.2) is 0 Å². The van der Waals surface area contributed by atoms with Gasteiger partial charge in [0, 0.05) is 0 Å². The second-order valence-electron chi connectivity index (χ2n) is 1.37. The first-order valence-corrected chi connectivity index (χ1v) is 2.69. The number of halogens is 1. The maximum atomic E-state index is 10.4. The molecule has 0 amide bonds. The fraction of sp³-hybridized carbons (Fsp3) is 0.750. The molecule has 9 heavy (non-hydrogen) atoms. The largest absolute Gasteiger partial charge is 0.468 e. The number of rotatable bonds is 3. The molecule has 0 aliphatic heterocycles. The fourth-order valence-corrected chi connectivity index (χ4v) is 0.454. The lowest BCUT2D eigenvalue weighted by Crippen LogP contribution is -2.35. The third-order valence-corrected chi connectivity index (χ3v) is 1.06. The molecule has 0 aromatic heterocycles. The van der Waals surface area contributed by atoms with E-state index in [1.54, 1.807) is 0 Å². The lowest BCUT2D eigenvalue weighted by molar-refractivity contribution is -0.143. The summed E-state index contributed by atoms with van der Waals surface area (Å²) >= 11 is 5.03. The van der Waals surface area contributed by atoms with Gasteiger partial charge in [-0.15, -0.1) is 0 Å². The Hall–Kier alpha value is -0.320. The Morgan fingerprint density at radius 1 is 2.00 bits per heavy atom. The van der Waals surface area contributed by atoms with Gasteiger partial charge in [-0.1, -0.05) is 0 Å². The number of hydrogen-bond donors (Lipinski definition) is 2. The quantitative estimate of drug-likeness (QED) is 0.414. The van der Waals surface area contributed by atoms with Gasteiger partial charge in [-0.05, 0) is 11.8 Å². The molecule has 4 nitrogen and oxygen atoms in total. The summed E-state index contributed by atoms with van der Waals surface area (Å²) in [5.41, 5.74) is 0. The summed E-state index contributed by atoms with van der Waals surface area (Å²) in [6.45, 7) is -0.365. The van der Waals surface area contributed by atoms with E-state index < -0.39 is 12.0 Å². The summed E-state index contributed by atoms with van der Waals surface area (Å²) in [7, 11) is 1.22. The van der Waals surface area contributed by atoms with Crippen LogP contribution in [0.3, 0.4) is 0 Å². The molecule has 0 saturated carbocycles. The smallest absolute Gasteiger partial charge is 0.326 e. The van der Waals surface area contributed by atoms with Crippen LogP contribution in [-0.2, 0) is 9.53 Å². The first kappa shape index (κ1) is 8.68. The van der Waals surface area contributed by atoms with Gasteiger partial charge in [0.1, 0.15) is 6.04 Å². The Kier molecular flexibility index (Phi) is 4.39. The molecule has 0 heterocycles. The highest BCUT2D eigenvalue weighted by Gasteiger charge is 2.15. The average molecular weight is 154 g/mol. The SMILES string of the molecule is COC(=O)C(CO)NCl. The minimum absolute atomic E-state index is 0.365. The molecule has 0 aliphatic rings.